The molecule has 0 saturated carbocycles. The average Bonchev–Trinajstić information content (AvgIpc) is 2.73. The number of hydrogen-bond acceptors (Lipinski definition) is 9. The summed E-state index contributed by atoms with van der Waals surface area (Å²) in [5, 5.41) is 34.6. The van der Waals surface area contributed by atoms with Gasteiger partial charge in [0.25, 0.3) is 0 Å². The molecule has 6 N–H and O–H groups in total. The van der Waals surface area contributed by atoms with Gasteiger partial charge in [0.2, 0.25) is 5.91 Å². The highest BCUT2D eigenvalue weighted by Crippen LogP contribution is 2.27. The number of hydrogen-bond donors (Lipinski definition) is 5. The first kappa shape index (κ1) is 15.3. The van der Waals surface area contributed by atoms with E-state index in [-0.39, 0.29) is 12.4 Å². The fraction of sp³-hybridized carbons (Fsp3) is 0.600. The van der Waals surface area contributed by atoms with Crippen LogP contribution in [-0.4, -0.2) is 67.5 Å². The van der Waals surface area contributed by atoms with Crippen LogP contribution in [0.4, 0.5) is 5.82 Å². The quantitative estimate of drug-likeness (QED) is 0.365. The summed E-state index contributed by atoms with van der Waals surface area (Å²) in [6.07, 6.45) is -3.92. The van der Waals surface area contributed by atoms with Crippen molar-refractivity contribution in [2.45, 2.75) is 24.5 Å². The SMILES string of the molecule is NC(=O)CNc1cnn([C@@H]2O[C@H](CO)[C@@H](O)[C@@H]2O)c(=O)n1. The Kier molecular flexibility index (Phi) is 4.47. The van der Waals surface area contributed by atoms with Crippen molar-refractivity contribution in [1.29, 1.82) is 0 Å². The summed E-state index contributed by atoms with van der Waals surface area (Å²) in [6, 6.07) is 0. The number of aliphatic hydroxyl groups excluding tert-OH is 3. The van der Waals surface area contributed by atoms with Gasteiger partial charge in [-0.05, 0) is 0 Å². The Balaban J connectivity index is 2.18. The standard InChI is InChI=1S/C10H15N5O6/c11-5(17)1-12-6-2-13-15(10(20)14-6)9-8(19)7(18)4(3-16)21-9/h2,4,7-9,16,18-19H,1,3H2,(H2,11,17)(H,12,14,20)/t4-,7-,8+,9-/m1/s1. The summed E-state index contributed by atoms with van der Waals surface area (Å²) < 4.78 is 5.89. The summed E-state index contributed by atoms with van der Waals surface area (Å²) in [5.41, 5.74) is 4.07. The lowest BCUT2D eigenvalue weighted by Crippen LogP contribution is -2.37. The molecule has 0 aliphatic carbocycles. The number of carbonyl (C=O) groups is 1. The second-order valence-electron chi connectivity index (χ2n) is 4.42. The Morgan fingerprint density at radius 1 is 1.48 bits per heavy atom. The highest BCUT2D eigenvalue weighted by atomic mass is 16.6. The molecule has 116 valence electrons. The summed E-state index contributed by atoms with van der Waals surface area (Å²) in [4.78, 5) is 26.0. The second-order valence-corrected chi connectivity index (χ2v) is 4.42. The van der Waals surface area contributed by atoms with E-state index in [9.17, 15) is 19.8 Å². The van der Waals surface area contributed by atoms with E-state index in [0.717, 1.165) is 10.9 Å². The van der Waals surface area contributed by atoms with Gasteiger partial charge in [0.05, 0.1) is 19.3 Å². The number of carbonyl (C=O) groups excluding carboxylic acids is 1. The van der Waals surface area contributed by atoms with Crippen molar-refractivity contribution in [2.75, 3.05) is 18.5 Å². The molecule has 2 heterocycles. The van der Waals surface area contributed by atoms with Gasteiger partial charge < -0.3 is 31.1 Å². The fourth-order valence-corrected chi connectivity index (χ4v) is 1.87. The summed E-state index contributed by atoms with van der Waals surface area (Å²) in [7, 11) is 0. The van der Waals surface area contributed by atoms with Crippen LogP contribution in [0.1, 0.15) is 6.23 Å². The van der Waals surface area contributed by atoms with Gasteiger partial charge in [-0.3, -0.25) is 4.79 Å². The molecule has 1 aliphatic heterocycles. The van der Waals surface area contributed by atoms with Crippen LogP contribution in [0.5, 0.6) is 0 Å². The molecule has 1 fully saturated rings. The minimum Gasteiger partial charge on any atom is -0.394 e. The van der Waals surface area contributed by atoms with E-state index in [1.54, 1.807) is 0 Å². The van der Waals surface area contributed by atoms with E-state index in [4.69, 9.17) is 15.6 Å². The molecule has 11 nitrogen and oxygen atoms in total. The van der Waals surface area contributed by atoms with Crippen LogP contribution in [-0.2, 0) is 9.53 Å². The van der Waals surface area contributed by atoms with Crippen LogP contribution in [0.25, 0.3) is 0 Å². The van der Waals surface area contributed by atoms with Crippen LogP contribution >= 0.6 is 0 Å². The monoisotopic (exact) mass is 301 g/mol. The Morgan fingerprint density at radius 2 is 2.19 bits per heavy atom. The zero-order valence-electron chi connectivity index (χ0n) is 10.8. The first-order valence-electron chi connectivity index (χ1n) is 6.04. The number of primary amides is 1. The number of amides is 1. The van der Waals surface area contributed by atoms with E-state index in [0.29, 0.717) is 0 Å². The topological polar surface area (TPSA) is 173 Å². The lowest BCUT2D eigenvalue weighted by atomic mass is 10.1. The number of anilines is 1. The molecule has 0 spiro atoms. The third kappa shape index (κ3) is 3.16. The molecule has 1 amide bonds. The molecule has 1 aromatic heterocycles. The first-order valence-corrected chi connectivity index (χ1v) is 6.04. The zero-order valence-corrected chi connectivity index (χ0v) is 10.8. The van der Waals surface area contributed by atoms with E-state index >= 15 is 0 Å². The Bertz CT molecular complexity index is 577. The fourth-order valence-electron chi connectivity index (χ4n) is 1.87. The maximum atomic E-state index is 11.8. The number of nitrogens with two attached hydrogens (primary N) is 1. The third-order valence-electron chi connectivity index (χ3n) is 2.92. The lowest BCUT2D eigenvalue weighted by Gasteiger charge is -2.15. The van der Waals surface area contributed by atoms with Crippen molar-refractivity contribution in [1.82, 2.24) is 14.8 Å². The maximum absolute atomic E-state index is 11.8. The van der Waals surface area contributed by atoms with Crippen molar-refractivity contribution in [3.8, 4) is 0 Å². The van der Waals surface area contributed by atoms with Gasteiger partial charge in [-0.1, -0.05) is 0 Å². The molecule has 1 saturated heterocycles. The normalized spacial score (nSPS) is 28.5. The van der Waals surface area contributed by atoms with E-state index in [1.807, 2.05) is 0 Å². The van der Waals surface area contributed by atoms with Crippen molar-refractivity contribution < 1.29 is 24.9 Å². The molecule has 4 atom stereocenters. The maximum Gasteiger partial charge on any atom is 0.368 e. The van der Waals surface area contributed by atoms with E-state index in [1.165, 1.54) is 0 Å². The largest absolute Gasteiger partial charge is 0.394 e. The highest BCUT2D eigenvalue weighted by Gasteiger charge is 2.44. The van der Waals surface area contributed by atoms with Gasteiger partial charge in [-0.25, -0.2) is 4.79 Å². The average molecular weight is 301 g/mol. The molecule has 0 aromatic carbocycles. The van der Waals surface area contributed by atoms with Crippen molar-refractivity contribution in [2.24, 2.45) is 5.73 Å². The van der Waals surface area contributed by atoms with E-state index in [2.05, 4.69) is 15.4 Å². The van der Waals surface area contributed by atoms with Crippen LogP contribution < -0.4 is 16.7 Å². The number of nitrogens with one attached hydrogen (secondary N) is 1. The summed E-state index contributed by atoms with van der Waals surface area (Å²) >= 11 is 0. The van der Waals surface area contributed by atoms with Crippen molar-refractivity contribution in [3.63, 3.8) is 0 Å². The molecule has 11 heteroatoms. The van der Waals surface area contributed by atoms with Crippen LogP contribution in [0.3, 0.4) is 0 Å². The number of aromatic nitrogens is 3. The number of rotatable bonds is 5. The second kappa shape index (κ2) is 6.13. The molecular weight excluding hydrogens is 286 g/mol. The van der Waals surface area contributed by atoms with Gasteiger partial charge in [-0.15, -0.1) is 0 Å². The predicted molar refractivity (Wildman–Crippen MR) is 67.0 cm³/mol. The van der Waals surface area contributed by atoms with Crippen LogP contribution in [0, 0.1) is 0 Å². The zero-order chi connectivity index (χ0) is 15.6. The molecule has 0 bridgehead atoms. The van der Waals surface area contributed by atoms with Gasteiger partial charge in [-0.2, -0.15) is 14.8 Å². The Hall–Kier alpha value is -2.08. The third-order valence-corrected chi connectivity index (χ3v) is 2.92. The highest BCUT2D eigenvalue weighted by molar-refractivity contribution is 5.78. The number of nitrogens with zero attached hydrogens (tertiary/aromatic N) is 3. The first-order chi connectivity index (χ1) is 9.93. The Morgan fingerprint density at radius 3 is 2.71 bits per heavy atom. The number of aliphatic hydroxyl groups is 3. The molecule has 2 rings (SSSR count). The smallest absolute Gasteiger partial charge is 0.368 e. The minimum atomic E-state index is -1.43. The number of ether oxygens (including phenoxy) is 1. The van der Waals surface area contributed by atoms with Crippen LogP contribution in [0.2, 0.25) is 0 Å². The molecular formula is C10H15N5O6. The van der Waals surface area contributed by atoms with Gasteiger partial charge >= 0.3 is 5.69 Å². The molecule has 0 radical (unpaired) electrons. The summed E-state index contributed by atoms with van der Waals surface area (Å²) in [5.74, 6) is -0.605. The molecule has 0 unspecified atom stereocenters. The summed E-state index contributed by atoms with van der Waals surface area (Å²) in [6.45, 7) is -0.735. The predicted octanol–water partition coefficient (Wildman–Crippen LogP) is -3.85. The molecule has 21 heavy (non-hydrogen) atoms. The van der Waals surface area contributed by atoms with Gasteiger partial charge in [0.15, 0.2) is 12.0 Å². The van der Waals surface area contributed by atoms with E-state index < -0.39 is 42.7 Å². The van der Waals surface area contributed by atoms with Crippen molar-refractivity contribution in [3.05, 3.63) is 16.7 Å². The lowest BCUT2D eigenvalue weighted by molar-refractivity contribution is -0.116. The van der Waals surface area contributed by atoms with Crippen LogP contribution in [0.15, 0.2) is 11.0 Å². The van der Waals surface area contributed by atoms with Gasteiger partial charge in [0, 0.05) is 0 Å². The molecule has 1 aliphatic rings. The van der Waals surface area contributed by atoms with Crippen molar-refractivity contribution >= 4 is 11.7 Å². The minimum absolute atomic E-state index is 0.0294. The Labute approximate surface area is 118 Å². The molecule has 1 aromatic rings. The van der Waals surface area contributed by atoms with Gasteiger partial charge in [0.1, 0.15) is 18.3 Å².